The highest BCUT2D eigenvalue weighted by Crippen LogP contribution is 2.36. The monoisotopic (exact) mass is 445 g/mol. The molecule has 1 aliphatic heterocycles. The van der Waals surface area contributed by atoms with Gasteiger partial charge < -0.3 is 4.74 Å². The number of nitrogens with zero attached hydrogens (tertiary/aromatic N) is 1. The van der Waals surface area contributed by atoms with Gasteiger partial charge in [-0.2, -0.15) is 13.2 Å². The summed E-state index contributed by atoms with van der Waals surface area (Å²) in [5.41, 5.74) is 0.779. The molecule has 1 heterocycles. The Morgan fingerprint density at radius 1 is 0.968 bits per heavy atom. The van der Waals surface area contributed by atoms with Crippen molar-refractivity contribution in [1.29, 1.82) is 0 Å². The fourth-order valence-corrected chi connectivity index (χ4v) is 3.54. The van der Waals surface area contributed by atoms with Crippen molar-refractivity contribution in [3.05, 3.63) is 100 Å². The third-order valence-corrected chi connectivity index (χ3v) is 5.24. The molecule has 1 aliphatic rings. The zero-order chi connectivity index (χ0) is 22.2. The maximum Gasteiger partial charge on any atom is 0.416 e. The number of amides is 1. The SMILES string of the molecule is O=C(c1ccc(Cl)cc1)c1ccc(N2C(=O)OCC2c2cccc(C(F)(F)F)c2)cc1. The highest BCUT2D eigenvalue weighted by Gasteiger charge is 2.37. The normalized spacial score (nSPS) is 16.3. The van der Waals surface area contributed by atoms with Gasteiger partial charge in [0.05, 0.1) is 11.6 Å². The summed E-state index contributed by atoms with van der Waals surface area (Å²) >= 11 is 5.85. The lowest BCUT2D eigenvalue weighted by atomic mass is 10.0. The summed E-state index contributed by atoms with van der Waals surface area (Å²) in [6.07, 6.45) is -5.16. The Balaban J connectivity index is 1.61. The van der Waals surface area contributed by atoms with E-state index < -0.39 is 23.9 Å². The van der Waals surface area contributed by atoms with E-state index in [1.54, 1.807) is 48.5 Å². The first-order valence-corrected chi connectivity index (χ1v) is 9.65. The van der Waals surface area contributed by atoms with Crippen molar-refractivity contribution < 1.29 is 27.5 Å². The van der Waals surface area contributed by atoms with Crippen molar-refractivity contribution in [2.75, 3.05) is 11.5 Å². The number of ether oxygens (including phenoxy) is 1. The summed E-state index contributed by atoms with van der Waals surface area (Å²) in [6.45, 7) is -0.0778. The maximum atomic E-state index is 13.1. The van der Waals surface area contributed by atoms with Gasteiger partial charge in [-0.25, -0.2) is 4.79 Å². The van der Waals surface area contributed by atoms with Gasteiger partial charge >= 0.3 is 12.3 Å². The average molecular weight is 446 g/mol. The van der Waals surface area contributed by atoms with Gasteiger partial charge in [0.15, 0.2) is 5.78 Å². The minimum absolute atomic E-state index is 0.0778. The van der Waals surface area contributed by atoms with Crippen molar-refractivity contribution in [1.82, 2.24) is 0 Å². The summed E-state index contributed by atoms with van der Waals surface area (Å²) < 4.78 is 44.3. The lowest BCUT2D eigenvalue weighted by Gasteiger charge is -2.22. The molecule has 0 aliphatic carbocycles. The van der Waals surface area contributed by atoms with Gasteiger partial charge in [0.1, 0.15) is 6.61 Å². The number of rotatable bonds is 4. The van der Waals surface area contributed by atoms with Crippen LogP contribution in [0.25, 0.3) is 0 Å². The summed E-state index contributed by atoms with van der Waals surface area (Å²) in [5, 5.41) is 0.514. The van der Waals surface area contributed by atoms with E-state index >= 15 is 0 Å². The molecule has 4 rings (SSSR count). The molecule has 0 bridgehead atoms. The van der Waals surface area contributed by atoms with Crippen molar-refractivity contribution in [2.24, 2.45) is 0 Å². The molecule has 4 nitrogen and oxygen atoms in total. The molecular formula is C23H15ClF3NO3. The van der Waals surface area contributed by atoms with Gasteiger partial charge in [-0.3, -0.25) is 9.69 Å². The maximum absolute atomic E-state index is 13.1. The van der Waals surface area contributed by atoms with E-state index in [0.29, 0.717) is 27.4 Å². The van der Waals surface area contributed by atoms with Crippen LogP contribution in [-0.2, 0) is 10.9 Å². The van der Waals surface area contributed by atoms with E-state index in [1.165, 1.54) is 17.0 Å². The molecule has 1 atom stereocenters. The molecule has 0 saturated carbocycles. The standard InChI is InChI=1S/C23H15ClF3NO3/c24-18-8-4-14(5-9-18)21(29)15-6-10-19(11-7-15)28-20(13-31-22(28)30)16-2-1-3-17(12-16)23(25,26)27/h1-12,20H,13H2. The minimum Gasteiger partial charge on any atom is -0.447 e. The van der Waals surface area contributed by atoms with Crippen LogP contribution >= 0.6 is 11.6 Å². The lowest BCUT2D eigenvalue weighted by molar-refractivity contribution is -0.137. The number of carbonyl (C=O) groups is 2. The van der Waals surface area contributed by atoms with Crippen molar-refractivity contribution >= 4 is 29.2 Å². The molecule has 1 fully saturated rings. The number of ketones is 1. The molecule has 8 heteroatoms. The second kappa shape index (κ2) is 8.07. The van der Waals surface area contributed by atoms with Gasteiger partial charge in [-0.15, -0.1) is 0 Å². The number of hydrogen-bond acceptors (Lipinski definition) is 3. The minimum atomic E-state index is -4.49. The van der Waals surface area contributed by atoms with Crippen LogP contribution < -0.4 is 4.90 Å². The van der Waals surface area contributed by atoms with Crippen LogP contribution in [0.15, 0.2) is 72.8 Å². The summed E-state index contributed by atoms with van der Waals surface area (Å²) in [4.78, 5) is 26.2. The number of halogens is 4. The number of benzene rings is 3. The molecule has 0 aromatic heterocycles. The van der Waals surface area contributed by atoms with Crippen LogP contribution in [0.3, 0.4) is 0 Å². The molecule has 0 radical (unpaired) electrons. The van der Waals surface area contributed by atoms with Crippen molar-refractivity contribution in [3.8, 4) is 0 Å². The van der Waals surface area contributed by atoms with Gasteiger partial charge in [-0.05, 0) is 66.2 Å². The summed E-state index contributed by atoms with van der Waals surface area (Å²) in [7, 11) is 0. The van der Waals surface area contributed by atoms with Crippen LogP contribution in [0.5, 0.6) is 0 Å². The first-order valence-electron chi connectivity index (χ1n) is 9.27. The number of cyclic esters (lactones) is 1. The van der Waals surface area contributed by atoms with Gasteiger partial charge in [0.25, 0.3) is 0 Å². The fourth-order valence-electron chi connectivity index (χ4n) is 3.42. The van der Waals surface area contributed by atoms with E-state index in [9.17, 15) is 22.8 Å². The highest BCUT2D eigenvalue weighted by atomic mass is 35.5. The van der Waals surface area contributed by atoms with E-state index in [4.69, 9.17) is 16.3 Å². The van der Waals surface area contributed by atoms with E-state index in [1.807, 2.05) is 0 Å². The molecule has 3 aromatic rings. The Morgan fingerprint density at radius 3 is 2.19 bits per heavy atom. The predicted molar refractivity (Wildman–Crippen MR) is 109 cm³/mol. The molecule has 0 spiro atoms. The van der Waals surface area contributed by atoms with Crippen LogP contribution in [0.4, 0.5) is 23.7 Å². The fraction of sp³-hybridized carbons (Fsp3) is 0.130. The Morgan fingerprint density at radius 2 is 1.58 bits per heavy atom. The quantitative estimate of drug-likeness (QED) is 0.443. The van der Waals surface area contributed by atoms with Crippen LogP contribution in [-0.4, -0.2) is 18.5 Å². The van der Waals surface area contributed by atoms with Crippen LogP contribution in [0.2, 0.25) is 5.02 Å². The number of anilines is 1. The molecule has 1 unspecified atom stereocenters. The first-order chi connectivity index (χ1) is 14.7. The predicted octanol–water partition coefficient (Wildman–Crippen LogP) is 6.29. The zero-order valence-electron chi connectivity index (χ0n) is 15.9. The Labute approximate surface area is 180 Å². The Hall–Kier alpha value is -3.32. The van der Waals surface area contributed by atoms with Gasteiger partial charge in [0, 0.05) is 21.8 Å². The molecule has 31 heavy (non-hydrogen) atoms. The second-order valence-corrected chi connectivity index (χ2v) is 7.41. The Kier molecular flexibility index (Phi) is 5.45. The Bertz CT molecular complexity index is 1130. The lowest BCUT2D eigenvalue weighted by Crippen LogP contribution is -2.27. The molecule has 3 aromatic carbocycles. The molecule has 1 saturated heterocycles. The third-order valence-electron chi connectivity index (χ3n) is 4.99. The highest BCUT2D eigenvalue weighted by molar-refractivity contribution is 6.30. The summed E-state index contributed by atoms with van der Waals surface area (Å²) in [6, 6.07) is 16.8. The van der Waals surface area contributed by atoms with E-state index in [0.717, 1.165) is 12.1 Å². The number of hydrogen-bond donors (Lipinski definition) is 0. The van der Waals surface area contributed by atoms with Crippen molar-refractivity contribution in [2.45, 2.75) is 12.2 Å². The van der Waals surface area contributed by atoms with Crippen LogP contribution in [0, 0.1) is 0 Å². The molecule has 1 amide bonds. The van der Waals surface area contributed by atoms with E-state index in [-0.39, 0.29) is 12.4 Å². The average Bonchev–Trinajstić information content (AvgIpc) is 3.15. The van der Waals surface area contributed by atoms with E-state index in [2.05, 4.69) is 0 Å². The van der Waals surface area contributed by atoms with Gasteiger partial charge in [0.2, 0.25) is 0 Å². The first kappa shape index (κ1) is 20.9. The smallest absolute Gasteiger partial charge is 0.416 e. The van der Waals surface area contributed by atoms with Gasteiger partial charge in [-0.1, -0.05) is 23.7 Å². The zero-order valence-corrected chi connectivity index (χ0v) is 16.7. The topological polar surface area (TPSA) is 46.6 Å². The molecule has 0 N–H and O–H groups in total. The van der Waals surface area contributed by atoms with Crippen LogP contribution in [0.1, 0.15) is 33.1 Å². The number of carbonyl (C=O) groups excluding carboxylic acids is 2. The van der Waals surface area contributed by atoms with Crippen molar-refractivity contribution in [3.63, 3.8) is 0 Å². The molecular weight excluding hydrogens is 431 g/mol. The molecule has 158 valence electrons. The largest absolute Gasteiger partial charge is 0.447 e. The third kappa shape index (κ3) is 4.27. The second-order valence-electron chi connectivity index (χ2n) is 6.97. The summed E-state index contributed by atoms with van der Waals surface area (Å²) in [5.74, 6) is -0.221. The number of alkyl halides is 3.